The molecule has 13 heteroatoms. The molecule has 0 unspecified atom stereocenters. The number of nitrogens with one attached hydrogen (secondary N) is 3. The number of unbranched alkanes of at least 4 members (excludes halogenated alkanes) is 1. The number of rotatable bonds is 10. The summed E-state index contributed by atoms with van der Waals surface area (Å²) in [7, 11) is 1.45. The number of amides is 2. The second-order valence-corrected chi connectivity index (χ2v) is 9.90. The maximum Gasteiger partial charge on any atom is 0.422 e. The maximum atomic E-state index is 13.2. The first-order valence-electron chi connectivity index (χ1n) is 13.4. The quantitative estimate of drug-likeness (QED) is 0.345. The molecule has 0 saturated carbocycles. The smallest absolute Gasteiger partial charge is 0.422 e. The number of benzene rings is 1. The molecule has 41 heavy (non-hydrogen) atoms. The van der Waals surface area contributed by atoms with Crippen LogP contribution < -0.4 is 21.1 Å². The molecular formula is C28H37F3N6O4. The summed E-state index contributed by atoms with van der Waals surface area (Å²) in [6, 6.07) is 3.49. The molecule has 10 nitrogen and oxygen atoms in total. The number of fused-ring (bicyclic) bond motifs is 1. The molecule has 1 aromatic carbocycles. The van der Waals surface area contributed by atoms with Crippen molar-refractivity contribution in [2.45, 2.75) is 65.7 Å². The number of carbonyl (C=O) groups excluding carboxylic acids is 2. The van der Waals surface area contributed by atoms with Crippen LogP contribution in [0.5, 0.6) is 5.75 Å². The Morgan fingerprint density at radius 2 is 2.00 bits per heavy atom. The first-order chi connectivity index (χ1) is 19.4. The lowest BCUT2D eigenvalue weighted by molar-refractivity contribution is -0.162. The minimum atomic E-state index is -4.61. The zero-order valence-corrected chi connectivity index (χ0v) is 23.9. The van der Waals surface area contributed by atoms with Gasteiger partial charge in [-0.15, -0.1) is 10.6 Å². The molecule has 0 aliphatic carbocycles. The van der Waals surface area contributed by atoms with Gasteiger partial charge in [0.2, 0.25) is 0 Å². The van der Waals surface area contributed by atoms with Crippen LogP contribution in [0.3, 0.4) is 0 Å². The fourth-order valence-corrected chi connectivity index (χ4v) is 4.26. The van der Waals surface area contributed by atoms with Gasteiger partial charge in [0.1, 0.15) is 5.75 Å². The van der Waals surface area contributed by atoms with Gasteiger partial charge in [-0.25, -0.2) is 10.3 Å². The molecule has 0 atom stereocenters. The molecule has 0 aromatic heterocycles. The maximum absolute atomic E-state index is 13.2. The van der Waals surface area contributed by atoms with Gasteiger partial charge in [-0.3, -0.25) is 9.80 Å². The van der Waals surface area contributed by atoms with Crippen molar-refractivity contribution in [2.24, 2.45) is 5.10 Å². The minimum absolute atomic E-state index is 0.0156. The zero-order chi connectivity index (χ0) is 30.2. The van der Waals surface area contributed by atoms with Gasteiger partial charge in [0.25, 0.3) is 5.91 Å². The monoisotopic (exact) mass is 578 g/mol. The molecule has 2 aliphatic rings. The van der Waals surface area contributed by atoms with Crippen molar-refractivity contribution in [3.8, 4) is 5.75 Å². The molecule has 0 spiro atoms. The molecule has 2 aliphatic heterocycles. The number of methoxy groups -OCH3 is 1. The topological polar surface area (TPSA) is 108 Å². The van der Waals surface area contributed by atoms with Gasteiger partial charge in [0, 0.05) is 30.4 Å². The zero-order valence-electron chi connectivity index (χ0n) is 23.9. The van der Waals surface area contributed by atoms with E-state index in [1.54, 1.807) is 25.1 Å². The SMILES string of the molecule is CCC/C=C(/C=C\C=C(/C)NC(=O)c1cc2c(cc1OC)CCN(C(=O)OCC(F)(F)F)C2)C1=NNNN1C(C)C. The number of nitrogens with zero attached hydrogens (tertiary/aromatic N) is 3. The average molecular weight is 579 g/mol. The highest BCUT2D eigenvalue weighted by Crippen LogP contribution is 2.29. The molecule has 0 fully saturated rings. The molecule has 0 saturated heterocycles. The highest BCUT2D eigenvalue weighted by molar-refractivity contribution is 6.01. The molecule has 0 radical (unpaired) electrons. The van der Waals surface area contributed by atoms with Crippen LogP contribution in [0.25, 0.3) is 0 Å². The van der Waals surface area contributed by atoms with Gasteiger partial charge in [-0.05, 0) is 62.9 Å². The third kappa shape index (κ3) is 8.74. The lowest BCUT2D eigenvalue weighted by Gasteiger charge is -2.29. The number of ether oxygens (including phenoxy) is 2. The van der Waals surface area contributed by atoms with Gasteiger partial charge in [0.05, 0.1) is 12.7 Å². The van der Waals surface area contributed by atoms with Gasteiger partial charge in [0.15, 0.2) is 12.4 Å². The van der Waals surface area contributed by atoms with E-state index in [-0.39, 0.29) is 24.7 Å². The largest absolute Gasteiger partial charge is 0.496 e. The Morgan fingerprint density at radius 1 is 1.24 bits per heavy atom. The van der Waals surface area contributed by atoms with E-state index >= 15 is 0 Å². The summed E-state index contributed by atoms with van der Waals surface area (Å²) in [6.07, 6.45) is 4.18. The second kappa shape index (κ2) is 14.1. The summed E-state index contributed by atoms with van der Waals surface area (Å²) >= 11 is 0. The first-order valence-corrected chi connectivity index (χ1v) is 13.4. The highest BCUT2D eigenvalue weighted by atomic mass is 19.4. The van der Waals surface area contributed by atoms with E-state index in [1.165, 1.54) is 12.0 Å². The van der Waals surface area contributed by atoms with Gasteiger partial charge in [-0.2, -0.15) is 13.2 Å². The number of hydrazone groups is 1. The van der Waals surface area contributed by atoms with Crippen molar-refractivity contribution in [3.05, 3.63) is 64.4 Å². The Bertz CT molecular complexity index is 1240. The minimum Gasteiger partial charge on any atom is -0.496 e. The second-order valence-electron chi connectivity index (χ2n) is 9.90. The van der Waals surface area contributed by atoms with Crippen molar-refractivity contribution in [1.29, 1.82) is 0 Å². The standard InChI is InChI=1S/C28H37F3N6O4/c1-6-7-10-20(25-33-34-35-37(25)18(2)3)11-8-9-19(4)32-26(38)23-14-22-16-36(27(39)41-17-28(29,30)31)13-12-21(22)15-24(23)40-5/h8-11,14-15,18,34-35H,6-7,12-13,16-17H2,1-5H3,(H,32,38)/b11-8-,19-9+,20-10-. The van der Waals surface area contributed by atoms with Crippen LogP contribution in [0, 0.1) is 0 Å². The molecule has 0 bridgehead atoms. The average Bonchev–Trinajstić information content (AvgIpc) is 3.42. The number of hydrogen-bond acceptors (Lipinski definition) is 8. The normalized spacial score (nSPS) is 16.1. The summed E-state index contributed by atoms with van der Waals surface area (Å²) in [5.41, 5.74) is 9.00. The Hall–Kier alpha value is -4.00. The highest BCUT2D eigenvalue weighted by Gasteiger charge is 2.32. The predicted molar refractivity (Wildman–Crippen MR) is 149 cm³/mol. The Kier molecular flexibility index (Phi) is 10.8. The number of alkyl halides is 3. The number of hydrazine groups is 2. The summed E-state index contributed by atoms with van der Waals surface area (Å²) in [5.74, 6) is 0.690. The van der Waals surface area contributed by atoms with Crippen LogP contribution >= 0.6 is 0 Å². The van der Waals surface area contributed by atoms with Crippen LogP contribution in [-0.2, 0) is 17.7 Å². The summed E-state index contributed by atoms with van der Waals surface area (Å²) in [6.45, 7) is 6.48. The molecule has 1 aromatic rings. The first kappa shape index (κ1) is 31.5. The molecule has 2 heterocycles. The van der Waals surface area contributed by atoms with E-state index in [0.29, 0.717) is 23.4 Å². The number of halogens is 3. The van der Waals surface area contributed by atoms with Crippen molar-refractivity contribution < 1.29 is 32.2 Å². The number of amidine groups is 1. The van der Waals surface area contributed by atoms with Gasteiger partial charge in [-0.1, -0.05) is 31.6 Å². The molecule has 224 valence electrons. The van der Waals surface area contributed by atoms with E-state index in [0.717, 1.165) is 29.8 Å². The summed E-state index contributed by atoms with van der Waals surface area (Å²) in [5, 5.41) is 9.10. The molecule has 3 rings (SSSR count). The van der Waals surface area contributed by atoms with Crippen molar-refractivity contribution in [2.75, 3.05) is 20.3 Å². The number of allylic oxidation sites excluding steroid dienone is 4. The van der Waals surface area contributed by atoms with E-state index in [9.17, 15) is 22.8 Å². The molecular weight excluding hydrogens is 541 g/mol. The lowest BCUT2D eigenvalue weighted by Crippen LogP contribution is -2.45. The Balaban J connectivity index is 1.72. The van der Waals surface area contributed by atoms with Crippen LogP contribution in [0.15, 0.2) is 52.8 Å². The van der Waals surface area contributed by atoms with Crippen LogP contribution in [-0.4, -0.2) is 60.2 Å². The summed E-state index contributed by atoms with van der Waals surface area (Å²) in [4.78, 5) is 26.5. The summed E-state index contributed by atoms with van der Waals surface area (Å²) < 4.78 is 47.2. The van der Waals surface area contributed by atoms with E-state index < -0.39 is 24.8 Å². The van der Waals surface area contributed by atoms with E-state index in [2.05, 4.69) is 39.2 Å². The Labute approximate surface area is 237 Å². The Morgan fingerprint density at radius 3 is 2.66 bits per heavy atom. The molecule has 3 N–H and O–H groups in total. The van der Waals surface area contributed by atoms with Crippen LogP contribution in [0.2, 0.25) is 0 Å². The predicted octanol–water partition coefficient (Wildman–Crippen LogP) is 4.72. The fraction of sp³-hybridized carbons (Fsp3) is 0.464. The van der Waals surface area contributed by atoms with Crippen molar-refractivity contribution >= 4 is 17.8 Å². The van der Waals surface area contributed by atoms with Crippen LogP contribution in [0.1, 0.15) is 62.0 Å². The van der Waals surface area contributed by atoms with Crippen molar-refractivity contribution in [3.63, 3.8) is 0 Å². The number of carbonyl (C=O) groups is 2. The fourth-order valence-electron chi connectivity index (χ4n) is 4.26. The van der Waals surface area contributed by atoms with Gasteiger partial charge < -0.3 is 19.7 Å². The van der Waals surface area contributed by atoms with E-state index in [1.807, 2.05) is 31.0 Å². The third-order valence-corrected chi connectivity index (χ3v) is 6.32. The lowest BCUT2D eigenvalue weighted by atomic mass is 9.96. The number of hydrogen-bond donors (Lipinski definition) is 3. The van der Waals surface area contributed by atoms with Crippen LogP contribution in [0.4, 0.5) is 18.0 Å². The van der Waals surface area contributed by atoms with E-state index in [4.69, 9.17) is 4.74 Å². The third-order valence-electron chi connectivity index (χ3n) is 6.32. The van der Waals surface area contributed by atoms with Gasteiger partial charge >= 0.3 is 12.3 Å². The van der Waals surface area contributed by atoms with Crippen molar-refractivity contribution in [1.82, 2.24) is 26.3 Å². The molecule has 2 amide bonds.